The molecule has 72 valence electrons. The lowest BCUT2D eigenvalue weighted by Gasteiger charge is -2.40. The Morgan fingerprint density at radius 2 is 1.86 bits per heavy atom. The first kappa shape index (κ1) is 8.25. The van der Waals surface area contributed by atoms with Gasteiger partial charge in [0, 0.05) is 5.41 Å². The van der Waals surface area contributed by atoms with Crippen LogP contribution in [0, 0.1) is 0 Å². The van der Waals surface area contributed by atoms with E-state index in [9.17, 15) is 0 Å². The highest BCUT2D eigenvalue weighted by atomic mass is 14.9. The number of nitrogens with zero attached hydrogens (tertiary/aromatic N) is 1. The highest BCUT2D eigenvalue weighted by molar-refractivity contribution is 5.65. The van der Waals surface area contributed by atoms with Crippen LogP contribution in [-0.4, -0.2) is 13.1 Å². The van der Waals surface area contributed by atoms with E-state index in [0.717, 1.165) is 13.1 Å². The van der Waals surface area contributed by atoms with Gasteiger partial charge in [-0.2, -0.15) is 0 Å². The Morgan fingerprint density at radius 1 is 1.07 bits per heavy atom. The molecule has 0 saturated carbocycles. The Morgan fingerprint density at radius 3 is 2.71 bits per heavy atom. The van der Waals surface area contributed by atoms with Gasteiger partial charge in [0.15, 0.2) is 0 Å². The first-order valence-corrected chi connectivity index (χ1v) is 5.33. The van der Waals surface area contributed by atoms with Gasteiger partial charge in [0.2, 0.25) is 0 Å². The SMILES string of the molecule is C1=CC2(CC[N-]CC2)c2ccccc21. The first-order valence-electron chi connectivity index (χ1n) is 5.33. The highest BCUT2D eigenvalue weighted by Gasteiger charge is 2.32. The summed E-state index contributed by atoms with van der Waals surface area (Å²) in [5.74, 6) is 0. The quantitative estimate of drug-likeness (QED) is 0.588. The van der Waals surface area contributed by atoms with Crippen LogP contribution in [0.2, 0.25) is 0 Å². The Labute approximate surface area is 84.8 Å². The molecule has 1 aliphatic carbocycles. The monoisotopic (exact) mass is 184 g/mol. The van der Waals surface area contributed by atoms with Crippen LogP contribution in [0.3, 0.4) is 0 Å². The Balaban J connectivity index is 2.07. The third-order valence-corrected chi connectivity index (χ3v) is 3.51. The van der Waals surface area contributed by atoms with Gasteiger partial charge >= 0.3 is 0 Å². The van der Waals surface area contributed by atoms with Crippen molar-refractivity contribution in [1.82, 2.24) is 0 Å². The lowest BCUT2D eigenvalue weighted by atomic mass is 9.75. The summed E-state index contributed by atoms with van der Waals surface area (Å²) >= 11 is 0. The molecule has 0 N–H and O–H groups in total. The number of allylic oxidation sites excluding steroid dienone is 1. The van der Waals surface area contributed by atoms with E-state index < -0.39 is 0 Å². The molecule has 1 aromatic carbocycles. The van der Waals surface area contributed by atoms with Crippen LogP contribution in [0.25, 0.3) is 11.4 Å². The average molecular weight is 184 g/mol. The van der Waals surface area contributed by atoms with Gasteiger partial charge in [-0.15, -0.1) is 13.1 Å². The summed E-state index contributed by atoms with van der Waals surface area (Å²) in [4.78, 5) is 0. The third-order valence-electron chi connectivity index (χ3n) is 3.51. The molecule has 0 aromatic heterocycles. The lowest BCUT2D eigenvalue weighted by molar-refractivity contribution is 0.455. The Kier molecular flexibility index (Phi) is 1.74. The van der Waals surface area contributed by atoms with E-state index in [4.69, 9.17) is 0 Å². The van der Waals surface area contributed by atoms with E-state index in [-0.39, 0.29) is 0 Å². The van der Waals surface area contributed by atoms with Crippen LogP contribution in [0.4, 0.5) is 0 Å². The van der Waals surface area contributed by atoms with Gasteiger partial charge in [-0.3, -0.25) is 0 Å². The van der Waals surface area contributed by atoms with Crippen molar-refractivity contribution in [2.75, 3.05) is 13.1 Å². The fraction of sp³-hybridized carbons (Fsp3) is 0.385. The molecule has 1 fully saturated rings. The predicted octanol–water partition coefficient (Wildman–Crippen LogP) is 3.12. The summed E-state index contributed by atoms with van der Waals surface area (Å²) in [5.41, 5.74) is 3.27. The number of benzene rings is 1. The van der Waals surface area contributed by atoms with Crippen molar-refractivity contribution in [1.29, 1.82) is 0 Å². The molecule has 1 heterocycles. The summed E-state index contributed by atoms with van der Waals surface area (Å²) in [6.07, 6.45) is 7.06. The Hall–Kier alpha value is -1.08. The molecule has 14 heavy (non-hydrogen) atoms. The fourth-order valence-electron chi connectivity index (χ4n) is 2.66. The average Bonchev–Trinajstić information content (AvgIpc) is 2.60. The second kappa shape index (κ2) is 2.96. The summed E-state index contributed by atoms with van der Waals surface area (Å²) in [6, 6.07) is 8.77. The maximum Gasteiger partial charge on any atom is 0.0108 e. The molecule has 0 atom stereocenters. The van der Waals surface area contributed by atoms with E-state index in [0.29, 0.717) is 5.41 Å². The molecule has 2 aliphatic rings. The van der Waals surface area contributed by atoms with Gasteiger partial charge in [-0.05, 0) is 11.1 Å². The molecule has 0 radical (unpaired) electrons. The van der Waals surface area contributed by atoms with Crippen molar-refractivity contribution >= 4 is 6.08 Å². The van der Waals surface area contributed by atoms with Crippen molar-refractivity contribution in [2.24, 2.45) is 0 Å². The van der Waals surface area contributed by atoms with E-state index in [2.05, 4.69) is 41.7 Å². The van der Waals surface area contributed by atoms with Gasteiger partial charge in [0.25, 0.3) is 0 Å². The topological polar surface area (TPSA) is 14.1 Å². The third kappa shape index (κ3) is 1.05. The molecule has 0 unspecified atom stereocenters. The number of piperidine rings is 1. The van der Waals surface area contributed by atoms with Crippen molar-refractivity contribution < 1.29 is 0 Å². The van der Waals surface area contributed by atoms with Crippen LogP contribution in [0.15, 0.2) is 30.3 Å². The standard InChI is InChI=1S/C13H14N/c1-2-4-12-11(3-1)5-6-13(12)7-9-14-10-8-13/h1-6H,7-10H2/q-1. The molecule has 1 nitrogen and oxygen atoms in total. The molecule has 1 saturated heterocycles. The minimum Gasteiger partial charge on any atom is -0.662 e. The number of hydrogen-bond donors (Lipinski definition) is 0. The summed E-state index contributed by atoms with van der Waals surface area (Å²) in [5, 5.41) is 4.44. The van der Waals surface area contributed by atoms with E-state index >= 15 is 0 Å². The Bertz CT molecular complexity index is 373. The minimum absolute atomic E-state index is 0.332. The predicted molar refractivity (Wildman–Crippen MR) is 59.5 cm³/mol. The second-order valence-corrected chi connectivity index (χ2v) is 4.25. The largest absolute Gasteiger partial charge is 0.662 e. The van der Waals surface area contributed by atoms with Crippen molar-refractivity contribution in [2.45, 2.75) is 18.3 Å². The van der Waals surface area contributed by atoms with Crippen LogP contribution in [-0.2, 0) is 5.41 Å². The summed E-state index contributed by atoms with van der Waals surface area (Å²) in [6.45, 7) is 2.05. The smallest absolute Gasteiger partial charge is 0.0108 e. The van der Waals surface area contributed by atoms with Crippen LogP contribution < -0.4 is 0 Å². The highest BCUT2D eigenvalue weighted by Crippen LogP contribution is 2.43. The first-order chi connectivity index (χ1) is 6.91. The normalized spacial score (nSPS) is 22.6. The molecule has 1 heteroatoms. The molecular formula is C13H14N-. The van der Waals surface area contributed by atoms with Crippen molar-refractivity contribution in [3.63, 3.8) is 0 Å². The maximum absolute atomic E-state index is 4.44. The number of rotatable bonds is 0. The van der Waals surface area contributed by atoms with Crippen LogP contribution in [0.5, 0.6) is 0 Å². The molecule has 0 amide bonds. The molecular weight excluding hydrogens is 170 g/mol. The van der Waals surface area contributed by atoms with Gasteiger partial charge in [0.1, 0.15) is 0 Å². The molecule has 1 aromatic rings. The van der Waals surface area contributed by atoms with E-state index in [1.165, 1.54) is 24.0 Å². The van der Waals surface area contributed by atoms with Crippen molar-refractivity contribution in [3.8, 4) is 0 Å². The lowest BCUT2D eigenvalue weighted by Crippen LogP contribution is -2.28. The van der Waals surface area contributed by atoms with Gasteiger partial charge in [-0.25, -0.2) is 0 Å². The van der Waals surface area contributed by atoms with E-state index in [1.54, 1.807) is 0 Å². The minimum atomic E-state index is 0.332. The molecule has 3 rings (SSSR count). The summed E-state index contributed by atoms with van der Waals surface area (Å²) < 4.78 is 0. The van der Waals surface area contributed by atoms with Crippen LogP contribution in [0.1, 0.15) is 24.0 Å². The zero-order chi connectivity index (χ0) is 9.43. The summed E-state index contributed by atoms with van der Waals surface area (Å²) in [7, 11) is 0. The maximum atomic E-state index is 4.44. The van der Waals surface area contributed by atoms with Gasteiger partial charge in [-0.1, -0.05) is 49.3 Å². The molecule has 1 aliphatic heterocycles. The zero-order valence-corrected chi connectivity index (χ0v) is 8.24. The second-order valence-electron chi connectivity index (χ2n) is 4.25. The zero-order valence-electron chi connectivity index (χ0n) is 8.24. The van der Waals surface area contributed by atoms with Crippen LogP contribution >= 0.6 is 0 Å². The van der Waals surface area contributed by atoms with Crippen molar-refractivity contribution in [3.05, 3.63) is 46.8 Å². The number of fused-ring (bicyclic) bond motifs is 2. The van der Waals surface area contributed by atoms with Gasteiger partial charge in [0.05, 0.1) is 0 Å². The van der Waals surface area contributed by atoms with Gasteiger partial charge < -0.3 is 5.32 Å². The molecule has 0 bridgehead atoms. The number of hydrogen-bond acceptors (Lipinski definition) is 0. The molecule has 1 spiro atoms. The van der Waals surface area contributed by atoms with E-state index in [1.807, 2.05) is 0 Å². The fourth-order valence-corrected chi connectivity index (χ4v) is 2.66.